The van der Waals surface area contributed by atoms with Gasteiger partial charge in [0.2, 0.25) is 0 Å². The minimum Gasteiger partial charge on any atom is -0.318 e. The lowest BCUT2D eigenvalue weighted by Gasteiger charge is -2.04. The third-order valence-electron chi connectivity index (χ3n) is 4.81. The normalized spacial score (nSPS) is 11.2. The van der Waals surface area contributed by atoms with Gasteiger partial charge in [-0.25, -0.2) is 14.1 Å². The number of carbonyl (C=O) groups excluding carboxylic acids is 1. The number of pyridine rings is 1. The molecule has 1 aromatic carbocycles. The van der Waals surface area contributed by atoms with E-state index < -0.39 is 5.91 Å². The molecule has 0 aliphatic heterocycles. The molecule has 0 aliphatic carbocycles. The number of nitrogens with zero attached hydrogens (tertiary/aromatic N) is 7. The molecule has 0 bridgehead atoms. The summed E-state index contributed by atoms with van der Waals surface area (Å²) < 4.78 is 18.3. The van der Waals surface area contributed by atoms with Crippen molar-refractivity contribution in [3.8, 4) is 5.69 Å². The summed E-state index contributed by atoms with van der Waals surface area (Å²) in [5.74, 6) is -0.752. The standard InChI is InChI=1S/C21H17FN8O/c1-14-20(26-27-30(14)18-7-5-15(22)6-8-18)21(31)25-16-10-23-29(12-16)13-17-11-28-9-3-2-4-19(28)24-17/h2-12H,13H2,1H3,(H,25,31). The average molecular weight is 416 g/mol. The van der Waals surface area contributed by atoms with Gasteiger partial charge < -0.3 is 9.72 Å². The quantitative estimate of drug-likeness (QED) is 0.475. The van der Waals surface area contributed by atoms with Crippen molar-refractivity contribution in [3.63, 3.8) is 0 Å². The molecule has 0 radical (unpaired) electrons. The molecule has 0 fully saturated rings. The van der Waals surface area contributed by atoms with E-state index in [2.05, 4.69) is 25.7 Å². The zero-order valence-electron chi connectivity index (χ0n) is 16.5. The number of anilines is 1. The van der Waals surface area contributed by atoms with Crippen LogP contribution in [0.1, 0.15) is 21.9 Å². The molecule has 0 spiro atoms. The van der Waals surface area contributed by atoms with Gasteiger partial charge in [-0.15, -0.1) is 5.10 Å². The fourth-order valence-corrected chi connectivity index (χ4v) is 3.30. The number of benzene rings is 1. The van der Waals surface area contributed by atoms with Crippen LogP contribution >= 0.6 is 0 Å². The van der Waals surface area contributed by atoms with E-state index in [0.717, 1.165) is 11.3 Å². The van der Waals surface area contributed by atoms with E-state index in [0.29, 0.717) is 23.6 Å². The molecule has 4 aromatic heterocycles. The Morgan fingerprint density at radius 2 is 1.97 bits per heavy atom. The summed E-state index contributed by atoms with van der Waals surface area (Å²) in [7, 11) is 0. The molecule has 5 aromatic rings. The number of aromatic nitrogens is 7. The van der Waals surface area contributed by atoms with Crippen LogP contribution in [0.3, 0.4) is 0 Å². The molecule has 0 saturated carbocycles. The van der Waals surface area contributed by atoms with Crippen LogP contribution in [0.15, 0.2) is 67.3 Å². The maximum Gasteiger partial charge on any atom is 0.278 e. The lowest BCUT2D eigenvalue weighted by Crippen LogP contribution is -2.14. The molecular formula is C21H17FN8O. The number of rotatable bonds is 5. The maximum absolute atomic E-state index is 13.1. The molecule has 0 saturated heterocycles. The SMILES string of the molecule is Cc1c(C(=O)Nc2cnn(Cc3cn4ccccc4n3)c2)nnn1-c1ccc(F)cc1. The molecular weight excluding hydrogens is 399 g/mol. The third-order valence-corrected chi connectivity index (χ3v) is 4.81. The Bertz CT molecular complexity index is 1350. The van der Waals surface area contributed by atoms with Crippen molar-refractivity contribution in [3.05, 3.63) is 90.2 Å². The van der Waals surface area contributed by atoms with Crippen LogP contribution in [0.4, 0.5) is 10.1 Å². The van der Waals surface area contributed by atoms with Crippen LogP contribution in [-0.4, -0.2) is 40.1 Å². The maximum atomic E-state index is 13.1. The molecule has 31 heavy (non-hydrogen) atoms. The lowest BCUT2D eigenvalue weighted by molar-refractivity contribution is 0.102. The Morgan fingerprint density at radius 3 is 2.77 bits per heavy atom. The van der Waals surface area contributed by atoms with Crippen molar-refractivity contribution in [1.29, 1.82) is 0 Å². The van der Waals surface area contributed by atoms with Gasteiger partial charge in [0.25, 0.3) is 5.91 Å². The highest BCUT2D eigenvalue weighted by Gasteiger charge is 2.18. The predicted octanol–water partition coefficient (Wildman–Crippen LogP) is 2.86. The topological polar surface area (TPSA) is 94.9 Å². The zero-order chi connectivity index (χ0) is 21.4. The van der Waals surface area contributed by atoms with Crippen molar-refractivity contribution < 1.29 is 9.18 Å². The highest BCUT2D eigenvalue weighted by atomic mass is 19.1. The third kappa shape index (κ3) is 3.66. The summed E-state index contributed by atoms with van der Waals surface area (Å²) in [6, 6.07) is 11.6. The molecule has 9 nitrogen and oxygen atoms in total. The molecule has 4 heterocycles. The number of fused-ring (bicyclic) bond motifs is 1. The Labute approximate surface area is 175 Å². The van der Waals surface area contributed by atoms with Crippen molar-refractivity contribution in [2.24, 2.45) is 0 Å². The molecule has 0 unspecified atom stereocenters. The Balaban J connectivity index is 1.30. The summed E-state index contributed by atoms with van der Waals surface area (Å²) in [6.45, 7) is 2.20. The van der Waals surface area contributed by atoms with E-state index in [1.54, 1.807) is 36.1 Å². The molecule has 10 heteroatoms. The van der Waals surface area contributed by atoms with Crippen LogP contribution in [0.2, 0.25) is 0 Å². The molecule has 154 valence electrons. The van der Waals surface area contributed by atoms with E-state index in [4.69, 9.17) is 0 Å². The van der Waals surface area contributed by atoms with Crippen molar-refractivity contribution in [2.75, 3.05) is 5.32 Å². The van der Waals surface area contributed by atoms with Gasteiger partial charge in [0, 0.05) is 18.6 Å². The van der Waals surface area contributed by atoms with Crippen molar-refractivity contribution >= 4 is 17.2 Å². The largest absolute Gasteiger partial charge is 0.318 e. The second-order valence-electron chi connectivity index (χ2n) is 6.99. The summed E-state index contributed by atoms with van der Waals surface area (Å²) in [6.07, 6.45) is 7.16. The monoisotopic (exact) mass is 416 g/mol. The van der Waals surface area contributed by atoms with Gasteiger partial charge in [-0.2, -0.15) is 5.10 Å². The van der Waals surface area contributed by atoms with Gasteiger partial charge in [-0.3, -0.25) is 9.48 Å². The summed E-state index contributed by atoms with van der Waals surface area (Å²) in [4.78, 5) is 17.2. The predicted molar refractivity (Wildman–Crippen MR) is 111 cm³/mol. The minimum absolute atomic E-state index is 0.178. The fraction of sp³-hybridized carbons (Fsp3) is 0.0952. The van der Waals surface area contributed by atoms with Crippen molar-refractivity contribution in [2.45, 2.75) is 13.5 Å². The number of carbonyl (C=O) groups is 1. The fourth-order valence-electron chi connectivity index (χ4n) is 3.30. The first-order valence-electron chi connectivity index (χ1n) is 9.51. The second kappa shape index (κ2) is 7.48. The Kier molecular flexibility index (Phi) is 4.51. The van der Waals surface area contributed by atoms with Gasteiger partial charge in [-0.05, 0) is 43.3 Å². The smallest absolute Gasteiger partial charge is 0.278 e. The van der Waals surface area contributed by atoms with Crippen LogP contribution in [0.5, 0.6) is 0 Å². The number of hydrogen-bond donors (Lipinski definition) is 1. The van der Waals surface area contributed by atoms with E-state index >= 15 is 0 Å². The van der Waals surface area contributed by atoms with Gasteiger partial charge >= 0.3 is 0 Å². The lowest BCUT2D eigenvalue weighted by atomic mass is 10.2. The van der Waals surface area contributed by atoms with Crippen LogP contribution < -0.4 is 5.32 Å². The number of nitrogens with one attached hydrogen (secondary N) is 1. The van der Waals surface area contributed by atoms with Crippen LogP contribution in [-0.2, 0) is 6.54 Å². The van der Waals surface area contributed by atoms with Gasteiger partial charge in [-0.1, -0.05) is 11.3 Å². The van der Waals surface area contributed by atoms with Gasteiger partial charge in [0.05, 0.1) is 35.5 Å². The van der Waals surface area contributed by atoms with E-state index in [9.17, 15) is 9.18 Å². The van der Waals surface area contributed by atoms with Crippen LogP contribution in [0.25, 0.3) is 11.3 Å². The molecule has 5 rings (SSSR count). The summed E-state index contributed by atoms with van der Waals surface area (Å²) >= 11 is 0. The minimum atomic E-state index is -0.404. The Morgan fingerprint density at radius 1 is 1.13 bits per heavy atom. The van der Waals surface area contributed by atoms with Gasteiger partial charge in [0.1, 0.15) is 11.5 Å². The van der Waals surface area contributed by atoms with Crippen molar-refractivity contribution in [1.82, 2.24) is 34.2 Å². The Hall–Kier alpha value is -4.34. The molecule has 1 amide bonds. The van der Waals surface area contributed by atoms with E-state index in [1.807, 2.05) is 35.0 Å². The molecule has 1 N–H and O–H groups in total. The number of halogens is 1. The zero-order valence-corrected chi connectivity index (χ0v) is 16.5. The average Bonchev–Trinajstić information content (AvgIpc) is 3.47. The highest BCUT2D eigenvalue weighted by Crippen LogP contribution is 2.15. The van der Waals surface area contributed by atoms with E-state index in [1.165, 1.54) is 16.8 Å². The highest BCUT2D eigenvalue weighted by molar-refractivity contribution is 6.03. The number of amides is 1. The van der Waals surface area contributed by atoms with Crippen LogP contribution in [0, 0.1) is 12.7 Å². The first kappa shape index (κ1) is 18.7. The first-order chi connectivity index (χ1) is 15.1. The summed E-state index contributed by atoms with van der Waals surface area (Å²) in [5.41, 5.74) is 3.58. The van der Waals surface area contributed by atoms with Gasteiger partial charge in [0.15, 0.2) is 5.69 Å². The number of hydrogen-bond acceptors (Lipinski definition) is 5. The summed E-state index contributed by atoms with van der Waals surface area (Å²) in [5, 5.41) is 15.1. The first-order valence-corrected chi connectivity index (χ1v) is 9.51. The molecule has 0 atom stereocenters. The molecule has 0 aliphatic rings. The second-order valence-corrected chi connectivity index (χ2v) is 6.99. The van der Waals surface area contributed by atoms with E-state index in [-0.39, 0.29) is 11.5 Å². The number of imidazole rings is 1.